The first kappa shape index (κ1) is 10.2. The Morgan fingerprint density at radius 2 is 1.87 bits per heavy atom. The highest BCUT2D eigenvalue weighted by Crippen LogP contribution is 2.34. The minimum absolute atomic E-state index is 0.0643. The molecule has 0 saturated heterocycles. The van der Waals surface area contributed by atoms with Gasteiger partial charge in [0.2, 0.25) is 0 Å². The second-order valence-electron chi connectivity index (χ2n) is 3.02. The SMILES string of the molecule is FC(F)([18F])c1ccnc2cc(Cl)ccc12. The Balaban J connectivity index is 2.77. The van der Waals surface area contributed by atoms with E-state index in [4.69, 9.17) is 11.6 Å². The van der Waals surface area contributed by atoms with E-state index >= 15 is 0 Å². The Labute approximate surface area is 88.5 Å². The summed E-state index contributed by atoms with van der Waals surface area (Å²) in [5, 5.41) is 0.434. The molecule has 1 nitrogen and oxygen atoms in total. The molecule has 0 unspecified atom stereocenters. The van der Waals surface area contributed by atoms with E-state index < -0.39 is 11.7 Å². The van der Waals surface area contributed by atoms with Crippen molar-refractivity contribution < 1.29 is 13.2 Å². The zero-order valence-corrected chi connectivity index (χ0v) is 8.10. The van der Waals surface area contributed by atoms with E-state index in [-0.39, 0.29) is 10.9 Å². The van der Waals surface area contributed by atoms with Crippen LogP contribution in [0.15, 0.2) is 30.5 Å². The van der Waals surface area contributed by atoms with Gasteiger partial charge in [0.15, 0.2) is 0 Å². The van der Waals surface area contributed by atoms with E-state index in [1.165, 1.54) is 18.2 Å². The highest BCUT2D eigenvalue weighted by Gasteiger charge is 2.32. The molecule has 5 heteroatoms. The lowest BCUT2D eigenvalue weighted by Gasteiger charge is -2.09. The molecule has 1 aromatic heterocycles. The molecule has 0 N–H and O–H groups in total. The molecule has 0 spiro atoms. The van der Waals surface area contributed by atoms with Crippen LogP contribution in [0.3, 0.4) is 0 Å². The van der Waals surface area contributed by atoms with Crippen LogP contribution in [0.25, 0.3) is 10.9 Å². The molecule has 78 valence electrons. The number of benzene rings is 1. The number of halogens is 4. The lowest BCUT2D eigenvalue weighted by atomic mass is 10.1. The molecular formula is C10H5ClF3N. The average molecular weight is 231 g/mol. The maximum Gasteiger partial charge on any atom is 0.417 e. The van der Waals surface area contributed by atoms with Gasteiger partial charge in [0, 0.05) is 16.6 Å². The molecule has 0 saturated carbocycles. The summed E-state index contributed by atoms with van der Waals surface area (Å²) in [5.74, 6) is 0. The normalized spacial score (nSPS) is 12.0. The smallest absolute Gasteiger partial charge is 0.256 e. The summed E-state index contributed by atoms with van der Waals surface area (Å²) >= 11 is 5.66. The van der Waals surface area contributed by atoms with E-state index in [9.17, 15) is 13.2 Å². The molecule has 0 atom stereocenters. The maximum atomic E-state index is 12.6. The van der Waals surface area contributed by atoms with Crippen LogP contribution < -0.4 is 0 Å². The van der Waals surface area contributed by atoms with Crippen molar-refractivity contribution in [3.05, 3.63) is 41.0 Å². The molecule has 0 aliphatic heterocycles. The van der Waals surface area contributed by atoms with Gasteiger partial charge in [-0.1, -0.05) is 17.7 Å². The van der Waals surface area contributed by atoms with Crippen molar-refractivity contribution in [1.29, 1.82) is 0 Å². The first-order valence-electron chi connectivity index (χ1n) is 4.10. The average Bonchev–Trinajstić information content (AvgIpc) is 2.15. The monoisotopic (exact) mass is 230 g/mol. The zero-order chi connectivity index (χ0) is 11.1. The zero-order valence-electron chi connectivity index (χ0n) is 7.35. The van der Waals surface area contributed by atoms with Gasteiger partial charge >= 0.3 is 6.18 Å². The van der Waals surface area contributed by atoms with Gasteiger partial charge in [-0.25, -0.2) is 0 Å². The quantitative estimate of drug-likeness (QED) is 0.669. The highest BCUT2D eigenvalue weighted by molar-refractivity contribution is 6.31. The standard InChI is InChI=1S/C10H5ClF3N/c11-6-1-2-7-8(10(12,13)14)3-4-15-9(7)5-6/h1-5H/i12-1. The predicted octanol–water partition coefficient (Wildman–Crippen LogP) is 3.91. The Hall–Kier alpha value is -1.29. The number of alkyl halides is 3. The number of aromatic nitrogens is 1. The largest absolute Gasteiger partial charge is 0.417 e. The van der Waals surface area contributed by atoms with E-state index in [0.29, 0.717) is 5.02 Å². The van der Waals surface area contributed by atoms with Crippen LogP contribution in [0.1, 0.15) is 5.56 Å². The fourth-order valence-electron chi connectivity index (χ4n) is 1.37. The van der Waals surface area contributed by atoms with Gasteiger partial charge < -0.3 is 0 Å². The van der Waals surface area contributed by atoms with Crippen molar-refractivity contribution in [1.82, 2.24) is 4.98 Å². The second kappa shape index (κ2) is 3.38. The molecule has 0 amide bonds. The lowest BCUT2D eigenvalue weighted by Crippen LogP contribution is -2.05. The van der Waals surface area contributed by atoms with E-state index in [0.717, 1.165) is 12.3 Å². The Morgan fingerprint density at radius 1 is 1.13 bits per heavy atom. The minimum atomic E-state index is -4.37. The van der Waals surface area contributed by atoms with E-state index in [1.807, 2.05) is 0 Å². The van der Waals surface area contributed by atoms with Crippen LogP contribution >= 0.6 is 11.6 Å². The van der Waals surface area contributed by atoms with Crippen molar-refractivity contribution >= 4 is 22.5 Å². The number of hydrogen-bond donors (Lipinski definition) is 0. The summed E-state index contributed by atoms with van der Waals surface area (Å²) in [5.41, 5.74) is -0.443. The Kier molecular flexibility index (Phi) is 2.31. The number of fused-ring (bicyclic) bond motifs is 1. The van der Waals surface area contributed by atoms with Crippen molar-refractivity contribution in [3.8, 4) is 0 Å². The van der Waals surface area contributed by atoms with Gasteiger partial charge in [-0.2, -0.15) is 13.2 Å². The third-order valence-corrected chi connectivity index (χ3v) is 2.25. The molecular weight excluding hydrogens is 226 g/mol. The lowest BCUT2D eigenvalue weighted by molar-refractivity contribution is -0.136. The number of rotatable bonds is 0. The first-order chi connectivity index (χ1) is 6.98. The molecule has 1 heterocycles. The van der Waals surface area contributed by atoms with Crippen LogP contribution in [0.5, 0.6) is 0 Å². The molecule has 0 fully saturated rings. The first-order valence-corrected chi connectivity index (χ1v) is 4.48. The summed E-state index contributed by atoms with van der Waals surface area (Å²) < 4.78 is 37.7. The van der Waals surface area contributed by atoms with Gasteiger partial charge in [0.25, 0.3) is 0 Å². The van der Waals surface area contributed by atoms with Gasteiger partial charge in [-0.3, -0.25) is 4.98 Å². The molecule has 2 aromatic rings. The van der Waals surface area contributed by atoms with Gasteiger partial charge in [0.05, 0.1) is 11.1 Å². The van der Waals surface area contributed by atoms with Crippen molar-refractivity contribution in [2.45, 2.75) is 6.18 Å². The maximum absolute atomic E-state index is 12.6. The molecule has 0 bridgehead atoms. The van der Waals surface area contributed by atoms with Gasteiger partial charge in [-0.05, 0) is 18.2 Å². The molecule has 2 rings (SSSR count). The van der Waals surface area contributed by atoms with Crippen molar-refractivity contribution in [2.75, 3.05) is 0 Å². The Morgan fingerprint density at radius 3 is 2.53 bits per heavy atom. The summed E-state index contributed by atoms with van der Waals surface area (Å²) in [4.78, 5) is 3.83. The van der Waals surface area contributed by atoms with E-state index in [2.05, 4.69) is 4.98 Å². The van der Waals surface area contributed by atoms with Crippen LogP contribution in [0.4, 0.5) is 13.2 Å². The topological polar surface area (TPSA) is 12.9 Å². The van der Waals surface area contributed by atoms with Crippen LogP contribution in [0.2, 0.25) is 5.02 Å². The molecule has 0 aliphatic carbocycles. The summed E-state index contributed by atoms with van der Waals surface area (Å²) in [6.07, 6.45) is -3.24. The van der Waals surface area contributed by atoms with Gasteiger partial charge in [-0.15, -0.1) is 0 Å². The molecule has 0 radical (unpaired) electrons. The summed E-state index contributed by atoms with van der Waals surface area (Å²) in [6, 6.07) is 5.11. The Bertz CT molecular complexity index is 507. The third-order valence-electron chi connectivity index (χ3n) is 2.01. The van der Waals surface area contributed by atoms with Gasteiger partial charge in [0.1, 0.15) is 0 Å². The number of pyridine rings is 1. The van der Waals surface area contributed by atoms with Crippen molar-refractivity contribution in [3.63, 3.8) is 0 Å². The minimum Gasteiger partial charge on any atom is -0.256 e. The predicted molar refractivity (Wildman–Crippen MR) is 51.8 cm³/mol. The summed E-state index contributed by atoms with van der Waals surface area (Å²) in [6.45, 7) is 0. The van der Waals surface area contributed by atoms with Crippen LogP contribution in [-0.4, -0.2) is 4.98 Å². The van der Waals surface area contributed by atoms with E-state index in [1.54, 1.807) is 0 Å². The molecule has 1 aromatic carbocycles. The van der Waals surface area contributed by atoms with Crippen molar-refractivity contribution in [2.24, 2.45) is 0 Å². The summed E-state index contributed by atoms with van der Waals surface area (Å²) in [7, 11) is 0. The fraction of sp³-hybridized carbons (Fsp3) is 0.100. The number of nitrogens with zero attached hydrogens (tertiary/aromatic N) is 1. The van der Waals surface area contributed by atoms with Crippen LogP contribution in [0, 0.1) is 0 Å². The fourth-order valence-corrected chi connectivity index (χ4v) is 1.53. The van der Waals surface area contributed by atoms with Crippen LogP contribution in [-0.2, 0) is 6.18 Å². The second-order valence-corrected chi connectivity index (χ2v) is 3.45. The number of hydrogen-bond acceptors (Lipinski definition) is 1. The molecule has 15 heavy (non-hydrogen) atoms. The molecule has 0 aliphatic rings. The highest BCUT2D eigenvalue weighted by atomic mass is 35.5. The third kappa shape index (κ3) is 1.90.